The molecule has 0 radical (unpaired) electrons. The lowest BCUT2D eigenvalue weighted by atomic mass is 10.2. The summed E-state index contributed by atoms with van der Waals surface area (Å²) in [7, 11) is 0. The second kappa shape index (κ2) is 8.75. The highest BCUT2D eigenvalue weighted by Crippen LogP contribution is 2.28. The van der Waals surface area contributed by atoms with E-state index in [0.717, 1.165) is 5.56 Å². The molecule has 0 aromatic heterocycles. The third kappa shape index (κ3) is 4.80. The van der Waals surface area contributed by atoms with Crippen LogP contribution in [0.4, 0.5) is 21.9 Å². The van der Waals surface area contributed by atoms with Gasteiger partial charge >= 0.3 is 6.03 Å². The number of aryl methyl sites for hydroxylation is 1. The number of rotatable bonds is 5. The molecule has 0 saturated heterocycles. The topological polar surface area (TPSA) is 90.5 Å². The first kappa shape index (κ1) is 19.7. The number of urea groups is 1. The van der Waals surface area contributed by atoms with E-state index in [2.05, 4.69) is 16.0 Å². The highest BCUT2D eigenvalue weighted by molar-refractivity contribution is 6.33. The average molecular weight is 401 g/mol. The van der Waals surface area contributed by atoms with Gasteiger partial charge in [-0.15, -0.1) is 0 Å². The molecule has 8 heteroatoms. The van der Waals surface area contributed by atoms with E-state index in [4.69, 9.17) is 11.6 Å². The average Bonchev–Trinajstić information content (AvgIpc) is 2.66. The van der Waals surface area contributed by atoms with Gasteiger partial charge in [-0.25, -0.2) is 4.79 Å². The summed E-state index contributed by atoms with van der Waals surface area (Å²) in [6.07, 6.45) is 0.699. The van der Waals surface area contributed by atoms with Gasteiger partial charge < -0.3 is 16.0 Å². The number of hydrogen-bond donors (Lipinski definition) is 3. The van der Waals surface area contributed by atoms with Crippen LogP contribution in [0.2, 0.25) is 5.02 Å². The van der Waals surface area contributed by atoms with Crippen LogP contribution < -0.4 is 20.9 Å². The molecule has 146 valence electrons. The Labute approximate surface area is 168 Å². The van der Waals surface area contributed by atoms with Crippen molar-refractivity contribution in [1.29, 1.82) is 0 Å². The van der Waals surface area contributed by atoms with E-state index >= 15 is 0 Å². The summed E-state index contributed by atoms with van der Waals surface area (Å²) < 4.78 is 0. The van der Waals surface area contributed by atoms with Gasteiger partial charge in [0.25, 0.3) is 0 Å². The van der Waals surface area contributed by atoms with E-state index in [1.807, 2.05) is 13.0 Å². The van der Waals surface area contributed by atoms with Crippen LogP contribution in [-0.4, -0.2) is 30.9 Å². The minimum Gasteiger partial charge on any atom is -0.338 e. The zero-order valence-electron chi connectivity index (χ0n) is 15.4. The van der Waals surface area contributed by atoms with Gasteiger partial charge in [0.05, 0.1) is 22.1 Å². The summed E-state index contributed by atoms with van der Waals surface area (Å²) in [6.45, 7) is 2.19. The minimum absolute atomic E-state index is 0.0464. The van der Waals surface area contributed by atoms with Crippen LogP contribution in [0.1, 0.15) is 18.4 Å². The number of nitrogens with one attached hydrogen (secondary N) is 3. The van der Waals surface area contributed by atoms with E-state index in [0.29, 0.717) is 35.1 Å². The van der Waals surface area contributed by atoms with Crippen LogP contribution in [-0.2, 0) is 9.59 Å². The van der Waals surface area contributed by atoms with Gasteiger partial charge in [0.15, 0.2) is 0 Å². The third-order valence-corrected chi connectivity index (χ3v) is 4.58. The number of carbonyl (C=O) groups excluding carboxylic acids is 3. The fourth-order valence-corrected chi connectivity index (χ4v) is 3.17. The van der Waals surface area contributed by atoms with Crippen LogP contribution in [0.3, 0.4) is 0 Å². The van der Waals surface area contributed by atoms with Gasteiger partial charge in [-0.1, -0.05) is 29.8 Å². The maximum Gasteiger partial charge on any atom is 0.322 e. The molecule has 3 rings (SSSR count). The summed E-state index contributed by atoms with van der Waals surface area (Å²) >= 11 is 6.11. The predicted octanol–water partition coefficient (Wildman–Crippen LogP) is 3.54. The van der Waals surface area contributed by atoms with Crippen molar-refractivity contribution < 1.29 is 14.4 Å². The van der Waals surface area contributed by atoms with Crippen molar-refractivity contribution in [3.05, 3.63) is 53.1 Å². The van der Waals surface area contributed by atoms with Crippen molar-refractivity contribution in [2.45, 2.75) is 19.8 Å². The molecular formula is C20H21ClN4O3. The predicted molar refractivity (Wildman–Crippen MR) is 110 cm³/mol. The van der Waals surface area contributed by atoms with Gasteiger partial charge in [0.1, 0.15) is 6.54 Å². The van der Waals surface area contributed by atoms with E-state index in [1.54, 1.807) is 36.4 Å². The molecule has 3 N–H and O–H groups in total. The Hall–Kier alpha value is -3.06. The third-order valence-electron chi connectivity index (χ3n) is 4.27. The van der Waals surface area contributed by atoms with E-state index in [1.165, 1.54) is 4.90 Å². The van der Waals surface area contributed by atoms with Gasteiger partial charge in [0, 0.05) is 13.0 Å². The molecule has 0 fully saturated rings. The number of halogens is 1. The molecule has 4 amide bonds. The second-order valence-corrected chi connectivity index (χ2v) is 6.93. The highest BCUT2D eigenvalue weighted by atomic mass is 35.5. The molecule has 0 atom stereocenters. The summed E-state index contributed by atoms with van der Waals surface area (Å²) in [5.41, 5.74) is 2.82. The molecule has 0 bridgehead atoms. The van der Waals surface area contributed by atoms with Crippen molar-refractivity contribution in [2.75, 3.05) is 28.6 Å². The maximum absolute atomic E-state index is 12.4. The zero-order valence-corrected chi connectivity index (χ0v) is 16.2. The Morgan fingerprint density at radius 2 is 2.00 bits per heavy atom. The first-order chi connectivity index (χ1) is 13.4. The molecule has 1 aliphatic heterocycles. The largest absolute Gasteiger partial charge is 0.338 e. The van der Waals surface area contributed by atoms with Crippen molar-refractivity contribution >= 4 is 46.5 Å². The monoisotopic (exact) mass is 400 g/mol. The molecule has 0 aliphatic carbocycles. The number of nitrogens with zero attached hydrogens (tertiary/aromatic N) is 1. The van der Waals surface area contributed by atoms with Crippen LogP contribution in [0.15, 0.2) is 42.5 Å². The molecule has 2 aromatic rings. The van der Waals surface area contributed by atoms with Crippen LogP contribution in [0.25, 0.3) is 0 Å². The molecule has 0 spiro atoms. The number of fused-ring (bicyclic) bond motifs is 1. The van der Waals surface area contributed by atoms with Crippen molar-refractivity contribution in [3.8, 4) is 0 Å². The summed E-state index contributed by atoms with van der Waals surface area (Å²) in [4.78, 5) is 37.7. The number of carbonyl (C=O) groups is 3. The van der Waals surface area contributed by atoms with Crippen LogP contribution >= 0.6 is 11.6 Å². The molecule has 7 nitrogen and oxygen atoms in total. The molecule has 2 aromatic carbocycles. The fourth-order valence-electron chi connectivity index (χ4n) is 2.89. The lowest BCUT2D eigenvalue weighted by Crippen LogP contribution is -2.47. The number of amides is 4. The Kier molecular flexibility index (Phi) is 6.16. The standard InChI is InChI=1S/C20H21ClN4O3/c1-13-8-9-15(14(21)11-13)23-18(26)7-4-10-22-20(28)25-12-19(27)24-16-5-2-3-6-17(16)25/h2-3,5-6,8-9,11H,4,7,10,12H2,1H3,(H,22,28)(H,23,26)(H,24,27). The number of para-hydroxylation sites is 2. The lowest BCUT2D eigenvalue weighted by molar-refractivity contribution is -0.116. The summed E-state index contributed by atoms with van der Waals surface area (Å²) in [5.74, 6) is -0.425. The summed E-state index contributed by atoms with van der Waals surface area (Å²) in [6, 6.07) is 12.1. The molecular weight excluding hydrogens is 380 g/mol. The van der Waals surface area contributed by atoms with E-state index in [9.17, 15) is 14.4 Å². The zero-order chi connectivity index (χ0) is 20.1. The Morgan fingerprint density at radius 1 is 1.21 bits per heavy atom. The normalized spacial score (nSPS) is 12.8. The Bertz CT molecular complexity index is 916. The molecule has 0 unspecified atom stereocenters. The lowest BCUT2D eigenvalue weighted by Gasteiger charge is -2.29. The smallest absolute Gasteiger partial charge is 0.322 e. The molecule has 1 heterocycles. The van der Waals surface area contributed by atoms with Crippen molar-refractivity contribution in [2.24, 2.45) is 0 Å². The highest BCUT2D eigenvalue weighted by Gasteiger charge is 2.26. The minimum atomic E-state index is -0.371. The fraction of sp³-hybridized carbons (Fsp3) is 0.250. The van der Waals surface area contributed by atoms with Gasteiger partial charge in [-0.2, -0.15) is 0 Å². The Balaban J connectivity index is 1.47. The van der Waals surface area contributed by atoms with Gasteiger partial charge in [0.2, 0.25) is 11.8 Å². The number of anilines is 3. The molecule has 1 aliphatic rings. The maximum atomic E-state index is 12.4. The van der Waals surface area contributed by atoms with Gasteiger partial charge in [-0.3, -0.25) is 14.5 Å². The Morgan fingerprint density at radius 3 is 2.79 bits per heavy atom. The number of benzene rings is 2. The summed E-state index contributed by atoms with van der Waals surface area (Å²) in [5, 5.41) is 8.74. The SMILES string of the molecule is Cc1ccc(NC(=O)CCCNC(=O)N2CC(=O)Nc3ccccc32)c(Cl)c1. The van der Waals surface area contributed by atoms with E-state index < -0.39 is 0 Å². The first-order valence-electron chi connectivity index (χ1n) is 8.94. The van der Waals surface area contributed by atoms with Crippen LogP contribution in [0, 0.1) is 6.92 Å². The van der Waals surface area contributed by atoms with Gasteiger partial charge in [-0.05, 0) is 43.2 Å². The molecule has 28 heavy (non-hydrogen) atoms. The van der Waals surface area contributed by atoms with Crippen molar-refractivity contribution in [3.63, 3.8) is 0 Å². The van der Waals surface area contributed by atoms with Crippen LogP contribution in [0.5, 0.6) is 0 Å². The second-order valence-electron chi connectivity index (χ2n) is 6.52. The quantitative estimate of drug-likeness (QED) is 0.670. The first-order valence-corrected chi connectivity index (χ1v) is 9.32. The van der Waals surface area contributed by atoms with E-state index in [-0.39, 0.29) is 30.8 Å². The van der Waals surface area contributed by atoms with Crippen molar-refractivity contribution in [1.82, 2.24) is 5.32 Å². The number of hydrogen-bond acceptors (Lipinski definition) is 3. The molecule has 0 saturated carbocycles.